The van der Waals surface area contributed by atoms with Gasteiger partial charge in [0.15, 0.2) is 10.7 Å². The van der Waals surface area contributed by atoms with Gasteiger partial charge in [0, 0.05) is 27.2 Å². The SMILES string of the molecule is O=C(c1cn(-c2ccc(Cl)cc2)nn1)c1c(-c2ccc(Cl)cc2)nc2sccn12. The number of thiazole rings is 1. The molecule has 0 saturated heterocycles. The van der Waals surface area contributed by atoms with Crippen LogP contribution >= 0.6 is 34.5 Å². The van der Waals surface area contributed by atoms with Crippen molar-refractivity contribution in [2.24, 2.45) is 0 Å². The van der Waals surface area contributed by atoms with Crippen molar-refractivity contribution in [3.8, 4) is 16.9 Å². The van der Waals surface area contributed by atoms with E-state index in [9.17, 15) is 4.79 Å². The Kier molecular flexibility index (Phi) is 4.43. The van der Waals surface area contributed by atoms with Crippen LogP contribution in [0.1, 0.15) is 16.2 Å². The molecule has 0 spiro atoms. The summed E-state index contributed by atoms with van der Waals surface area (Å²) in [6, 6.07) is 14.4. The molecule has 3 heterocycles. The predicted octanol–water partition coefficient (Wildman–Crippen LogP) is 5.18. The minimum absolute atomic E-state index is 0.225. The van der Waals surface area contributed by atoms with E-state index in [0.717, 1.165) is 16.2 Å². The fraction of sp³-hybridized carbons (Fsp3) is 0. The Labute approximate surface area is 179 Å². The van der Waals surface area contributed by atoms with Crippen molar-refractivity contribution < 1.29 is 4.79 Å². The third-order valence-electron chi connectivity index (χ3n) is 4.41. The van der Waals surface area contributed by atoms with Crippen LogP contribution in [0.15, 0.2) is 66.3 Å². The van der Waals surface area contributed by atoms with E-state index in [0.29, 0.717) is 21.4 Å². The van der Waals surface area contributed by atoms with Gasteiger partial charge in [0.1, 0.15) is 11.4 Å². The first-order chi connectivity index (χ1) is 14.1. The van der Waals surface area contributed by atoms with Gasteiger partial charge < -0.3 is 0 Å². The number of aromatic nitrogens is 5. The number of carbonyl (C=O) groups is 1. The van der Waals surface area contributed by atoms with E-state index in [1.165, 1.54) is 16.0 Å². The van der Waals surface area contributed by atoms with Crippen LogP contribution in [0.2, 0.25) is 10.0 Å². The molecule has 6 nitrogen and oxygen atoms in total. The van der Waals surface area contributed by atoms with Crippen LogP contribution in [0.5, 0.6) is 0 Å². The number of halogens is 2. The molecule has 0 N–H and O–H groups in total. The van der Waals surface area contributed by atoms with E-state index in [2.05, 4.69) is 15.3 Å². The van der Waals surface area contributed by atoms with Gasteiger partial charge in [-0.3, -0.25) is 9.20 Å². The molecule has 9 heteroatoms. The van der Waals surface area contributed by atoms with Crippen molar-refractivity contribution in [1.29, 1.82) is 0 Å². The van der Waals surface area contributed by atoms with E-state index in [1.807, 2.05) is 23.7 Å². The first kappa shape index (κ1) is 18.1. The van der Waals surface area contributed by atoms with Crippen molar-refractivity contribution in [3.63, 3.8) is 0 Å². The summed E-state index contributed by atoms with van der Waals surface area (Å²) in [6.07, 6.45) is 3.42. The number of hydrogen-bond acceptors (Lipinski definition) is 5. The second kappa shape index (κ2) is 7.11. The van der Waals surface area contributed by atoms with Crippen molar-refractivity contribution in [1.82, 2.24) is 24.4 Å². The fourth-order valence-electron chi connectivity index (χ4n) is 3.02. The first-order valence-electron chi connectivity index (χ1n) is 8.54. The van der Waals surface area contributed by atoms with Crippen LogP contribution in [-0.4, -0.2) is 30.2 Å². The van der Waals surface area contributed by atoms with E-state index in [-0.39, 0.29) is 11.5 Å². The molecule has 0 aliphatic heterocycles. The zero-order valence-corrected chi connectivity index (χ0v) is 17.0. The van der Waals surface area contributed by atoms with Crippen molar-refractivity contribution in [2.45, 2.75) is 0 Å². The summed E-state index contributed by atoms with van der Waals surface area (Å²) in [7, 11) is 0. The minimum atomic E-state index is -0.263. The highest BCUT2D eigenvalue weighted by atomic mass is 35.5. The Balaban J connectivity index is 1.59. The van der Waals surface area contributed by atoms with Gasteiger partial charge in [0.25, 0.3) is 0 Å². The van der Waals surface area contributed by atoms with Gasteiger partial charge in [-0.05, 0) is 36.4 Å². The topological polar surface area (TPSA) is 65.1 Å². The number of hydrogen-bond donors (Lipinski definition) is 0. The molecule has 0 amide bonds. The quantitative estimate of drug-likeness (QED) is 0.361. The first-order valence-corrected chi connectivity index (χ1v) is 10.2. The van der Waals surface area contributed by atoms with Gasteiger partial charge in [-0.1, -0.05) is 40.5 Å². The molecule has 0 aliphatic carbocycles. The molecular formula is C20H11Cl2N5OS. The minimum Gasteiger partial charge on any atom is -0.287 e. The van der Waals surface area contributed by atoms with Crippen LogP contribution < -0.4 is 0 Å². The third-order valence-corrected chi connectivity index (χ3v) is 5.67. The summed E-state index contributed by atoms with van der Waals surface area (Å²) in [5.41, 5.74) is 2.81. The molecular weight excluding hydrogens is 429 g/mol. The summed E-state index contributed by atoms with van der Waals surface area (Å²) in [5, 5.41) is 11.3. The number of nitrogens with zero attached hydrogens (tertiary/aromatic N) is 5. The Morgan fingerprint density at radius 2 is 1.66 bits per heavy atom. The lowest BCUT2D eigenvalue weighted by atomic mass is 10.1. The van der Waals surface area contributed by atoms with Crippen LogP contribution in [0, 0.1) is 0 Å². The largest absolute Gasteiger partial charge is 0.287 e. The Morgan fingerprint density at radius 1 is 0.966 bits per heavy atom. The summed E-state index contributed by atoms with van der Waals surface area (Å²) >= 11 is 13.4. The Hall–Kier alpha value is -3.00. The highest BCUT2D eigenvalue weighted by Gasteiger charge is 2.24. The van der Waals surface area contributed by atoms with Gasteiger partial charge in [0.2, 0.25) is 5.78 Å². The highest BCUT2D eigenvalue weighted by molar-refractivity contribution is 7.15. The molecule has 5 rings (SSSR count). The molecule has 0 fully saturated rings. The fourth-order valence-corrected chi connectivity index (χ4v) is 3.99. The molecule has 0 radical (unpaired) electrons. The number of ketones is 1. The maximum absolute atomic E-state index is 13.4. The van der Waals surface area contributed by atoms with Gasteiger partial charge in [0.05, 0.1) is 11.9 Å². The molecule has 0 aliphatic rings. The maximum atomic E-state index is 13.4. The molecule has 0 atom stereocenters. The summed E-state index contributed by atoms with van der Waals surface area (Å²) in [4.78, 5) is 18.7. The van der Waals surface area contributed by atoms with Crippen molar-refractivity contribution >= 4 is 45.3 Å². The number of carbonyl (C=O) groups excluding carboxylic acids is 1. The zero-order chi connectivity index (χ0) is 20.0. The van der Waals surface area contributed by atoms with E-state index in [1.54, 1.807) is 47.0 Å². The van der Waals surface area contributed by atoms with E-state index in [4.69, 9.17) is 23.2 Å². The molecule has 5 aromatic rings. The van der Waals surface area contributed by atoms with Crippen molar-refractivity contribution in [2.75, 3.05) is 0 Å². The number of benzene rings is 2. The average Bonchev–Trinajstić information content (AvgIpc) is 3.44. The molecule has 3 aromatic heterocycles. The monoisotopic (exact) mass is 439 g/mol. The lowest BCUT2D eigenvalue weighted by Crippen LogP contribution is -2.07. The second-order valence-corrected chi connectivity index (χ2v) is 7.97. The summed E-state index contributed by atoms with van der Waals surface area (Å²) in [5.74, 6) is -0.263. The lowest BCUT2D eigenvalue weighted by molar-refractivity contribution is 0.102. The zero-order valence-electron chi connectivity index (χ0n) is 14.7. The average molecular weight is 440 g/mol. The molecule has 2 aromatic carbocycles. The van der Waals surface area contributed by atoms with Crippen LogP contribution in [0.25, 0.3) is 21.9 Å². The standard InChI is InChI=1S/C20H11Cl2N5OS/c21-13-3-1-12(2-4-13)17-18(26-9-10-29-20(26)23-17)19(28)16-11-27(25-24-16)15-7-5-14(22)6-8-15/h1-11H. The summed E-state index contributed by atoms with van der Waals surface area (Å²) < 4.78 is 3.32. The maximum Gasteiger partial charge on any atom is 0.233 e. The van der Waals surface area contributed by atoms with Crippen LogP contribution in [0.4, 0.5) is 0 Å². The van der Waals surface area contributed by atoms with Crippen LogP contribution in [0.3, 0.4) is 0 Å². The third kappa shape index (κ3) is 3.23. The lowest BCUT2D eigenvalue weighted by Gasteiger charge is -2.02. The van der Waals surface area contributed by atoms with Gasteiger partial charge in [-0.15, -0.1) is 16.4 Å². The predicted molar refractivity (Wildman–Crippen MR) is 113 cm³/mol. The number of fused-ring (bicyclic) bond motifs is 1. The highest BCUT2D eigenvalue weighted by Crippen LogP contribution is 2.29. The van der Waals surface area contributed by atoms with Gasteiger partial charge >= 0.3 is 0 Å². The second-order valence-electron chi connectivity index (χ2n) is 6.23. The Bertz CT molecular complexity index is 1340. The molecule has 142 valence electrons. The van der Waals surface area contributed by atoms with Gasteiger partial charge in [-0.25, -0.2) is 9.67 Å². The smallest absolute Gasteiger partial charge is 0.233 e. The van der Waals surface area contributed by atoms with E-state index < -0.39 is 0 Å². The number of imidazole rings is 1. The molecule has 29 heavy (non-hydrogen) atoms. The molecule has 0 saturated carbocycles. The van der Waals surface area contributed by atoms with Crippen molar-refractivity contribution in [3.05, 3.63) is 87.7 Å². The summed E-state index contributed by atoms with van der Waals surface area (Å²) in [6.45, 7) is 0. The number of rotatable bonds is 4. The van der Waals surface area contributed by atoms with Crippen LogP contribution in [-0.2, 0) is 0 Å². The van der Waals surface area contributed by atoms with Gasteiger partial charge in [-0.2, -0.15) is 0 Å². The van der Waals surface area contributed by atoms with E-state index >= 15 is 0 Å². The molecule has 0 bridgehead atoms. The normalized spacial score (nSPS) is 11.2. The molecule has 0 unspecified atom stereocenters. The Morgan fingerprint density at radius 3 is 2.38 bits per heavy atom.